The number of amides is 1. The molecule has 0 fully saturated rings. The van der Waals surface area contributed by atoms with Crippen LogP contribution in [0.4, 0.5) is 5.69 Å². The number of aromatic nitrogens is 3. The largest absolute Gasteiger partial charge is 0.493 e. The van der Waals surface area contributed by atoms with Crippen LogP contribution in [-0.4, -0.2) is 33.0 Å². The molecule has 176 valence electrons. The van der Waals surface area contributed by atoms with E-state index in [9.17, 15) is 4.79 Å². The lowest BCUT2D eigenvalue weighted by Gasteiger charge is -2.20. The molecule has 0 radical (unpaired) electrons. The molecule has 3 rings (SSSR count). The zero-order valence-corrected chi connectivity index (χ0v) is 20.6. The fourth-order valence-electron chi connectivity index (χ4n) is 3.38. The molecule has 1 aromatic heterocycles. The van der Waals surface area contributed by atoms with Gasteiger partial charge < -0.3 is 19.4 Å². The smallest absolute Gasteiger partial charge is 0.237 e. The van der Waals surface area contributed by atoms with E-state index in [1.807, 2.05) is 68.4 Å². The van der Waals surface area contributed by atoms with Crippen LogP contribution in [0.3, 0.4) is 0 Å². The summed E-state index contributed by atoms with van der Waals surface area (Å²) in [7, 11) is 1.62. The van der Waals surface area contributed by atoms with Gasteiger partial charge >= 0.3 is 0 Å². The van der Waals surface area contributed by atoms with Gasteiger partial charge in [-0.25, -0.2) is 0 Å². The highest BCUT2D eigenvalue weighted by Gasteiger charge is 2.26. The minimum atomic E-state index is -0.347. The fraction of sp³-hybridized carbons (Fsp3) is 0.400. The van der Waals surface area contributed by atoms with E-state index in [-0.39, 0.29) is 17.3 Å². The average Bonchev–Trinajstić information content (AvgIpc) is 3.19. The first-order chi connectivity index (χ1) is 15.9. The Morgan fingerprint density at radius 1 is 1.03 bits per heavy atom. The number of carbonyl (C=O) groups is 1. The molecule has 1 N–H and O–H groups in total. The Morgan fingerprint density at radius 3 is 2.33 bits per heavy atom. The van der Waals surface area contributed by atoms with E-state index in [2.05, 4.69) is 33.9 Å². The van der Waals surface area contributed by atoms with Crippen molar-refractivity contribution in [2.24, 2.45) is 5.92 Å². The third-order valence-corrected chi connectivity index (χ3v) is 6.33. The quantitative estimate of drug-likeness (QED) is 0.370. The first kappa shape index (κ1) is 24.6. The molecule has 8 heteroatoms. The molecule has 0 saturated carbocycles. The van der Waals surface area contributed by atoms with Crippen molar-refractivity contribution in [1.82, 2.24) is 14.8 Å². The molecule has 0 aliphatic carbocycles. The van der Waals surface area contributed by atoms with Gasteiger partial charge in [0.05, 0.1) is 12.4 Å². The van der Waals surface area contributed by atoms with E-state index >= 15 is 0 Å². The molecule has 0 saturated heterocycles. The van der Waals surface area contributed by atoms with Crippen LogP contribution in [0.5, 0.6) is 11.5 Å². The molecule has 1 amide bonds. The second kappa shape index (κ2) is 11.7. The molecular weight excluding hydrogens is 436 g/mol. The van der Waals surface area contributed by atoms with Crippen LogP contribution < -0.4 is 14.8 Å². The predicted octanol–water partition coefficient (Wildman–Crippen LogP) is 5.59. The van der Waals surface area contributed by atoms with Crippen molar-refractivity contribution in [3.8, 4) is 11.5 Å². The number of anilines is 1. The molecule has 0 bridgehead atoms. The molecule has 2 aromatic carbocycles. The van der Waals surface area contributed by atoms with Crippen molar-refractivity contribution >= 4 is 23.4 Å². The standard InChI is InChI=1S/C25H32N4O3S/c1-6-22(24(30)26-19-12-8-7-9-13-19)33-25-28-27-23(29(25)16-17(2)3)18(4)32-21-15-11-10-14-20(21)31-5/h7-15,17-18,22H,6,16H2,1-5H3,(H,26,30). The van der Waals surface area contributed by atoms with E-state index in [0.29, 0.717) is 29.0 Å². The van der Waals surface area contributed by atoms with E-state index in [1.54, 1.807) is 7.11 Å². The summed E-state index contributed by atoms with van der Waals surface area (Å²) in [5.74, 6) is 2.35. The van der Waals surface area contributed by atoms with Crippen LogP contribution in [-0.2, 0) is 11.3 Å². The molecule has 2 unspecified atom stereocenters. The van der Waals surface area contributed by atoms with Crippen molar-refractivity contribution in [2.45, 2.75) is 57.2 Å². The highest BCUT2D eigenvalue weighted by molar-refractivity contribution is 8.00. The Hall–Kier alpha value is -3.00. The highest BCUT2D eigenvalue weighted by atomic mass is 32.2. The first-order valence-electron chi connectivity index (χ1n) is 11.2. The SMILES string of the molecule is CCC(Sc1nnc(C(C)Oc2ccccc2OC)n1CC(C)C)C(=O)Nc1ccccc1. The lowest BCUT2D eigenvalue weighted by atomic mass is 10.2. The summed E-state index contributed by atoms with van der Waals surface area (Å²) in [5.41, 5.74) is 0.782. The van der Waals surface area contributed by atoms with Gasteiger partial charge in [0.2, 0.25) is 5.91 Å². The summed E-state index contributed by atoms with van der Waals surface area (Å²) >= 11 is 1.43. The Morgan fingerprint density at radius 2 is 1.70 bits per heavy atom. The maximum atomic E-state index is 12.9. The lowest BCUT2D eigenvalue weighted by Crippen LogP contribution is -2.25. The zero-order valence-electron chi connectivity index (χ0n) is 19.8. The van der Waals surface area contributed by atoms with Gasteiger partial charge in [0, 0.05) is 12.2 Å². The number of methoxy groups -OCH3 is 1. The molecule has 1 heterocycles. The van der Waals surface area contributed by atoms with Crippen LogP contribution >= 0.6 is 11.8 Å². The summed E-state index contributed by atoms with van der Waals surface area (Å²) in [6.45, 7) is 8.95. The molecule has 0 aliphatic heterocycles. The van der Waals surface area contributed by atoms with Gasteiger partial charge in [-0.1, -0.05) is 62.9 Å². The monoisotopic (exact) mass is 468 g/mol. The Balaban J connectivity index is 1.81. The number of para-hydroxylation sites is 3. The number of thioether (sulfide) groups is 1. The lowest BCUT2D eigenvalue weighted by molar-refractivity contribution is -0.115. The van der Waals surface area contributed by atoms with Gasteiger partial charge in [-0.05, 0) is 43.5 Å². The van der Waals surface area contributed by atoms with E-state index in [0.717, 1.165) is 18.1 Å². The molecule has 0 aliphatic rings. The van der Waals surface area contributed by atoms with Gasteiger partial charge in [0.15, 0.2) is 28.6 Å². The number of rotatable bonds is 11. The van der Waals surface area contributed by atoms with Gasteiger partial charge in [-0.15, -0.1) is 10.2 Å². The average molecular weight is 469 g/mol. The van der Waals surface area contributed by atoms with Crippen molar-refractivity contribution < 1.29 is 14.3 Å². The summed E-state index contributed by atoms with van der Waals surface area (Å²) in [5, 5.41) is 12.3. The number of nitrogens with one attached hydrogen (secondary N) is 1. The van der Waals surface area contributed by atoms with Gasteiger partial charge in [-0.2, -0.15) is 0 Å². The molecule has 2 atom stereocenters. The van der Waals surface area contributed by atoms with Crippen LogP contribution in [0.1, 0.15) is 46.0 Å². The topological polar surface area (TPSA) is 78.3 Å². The van der Waals surface area contributed by atoms with Gasteiger partial charge in [-0.3, -0.25) is 4.79 Å². The van der Waals surface area contributed by atoms with Crippen molar-refractivity contribution in [2.75, 3.05) is 12.4 Å². The van der Waals surface area contributed by atoms with Crippen LogP contribution in [0.15, 0.2) is 59.8 Å². The van der Waals surface area contributed by atoms with Gasteiger partial charge in [0.25, 0.3) is 0 Å². The number of hydrogen-bond acceptors (Lipinski definition) is 6. The van der Waals surface area contributed by atoms with E-state index in [4.69, 9.17) is 9.47 Å². The van der Waals surface area contributed by atoms with Crippen molar-refractivity contribution in [3.63, 3.8) is 0 Å². The number of ether oxygens (including phenoxy) is 2. The van der Waals surface area contributed by atoms with E-state index in [1.165, 1.54) is 11.8 Å². The normalized spacial score (nSPS) is 12.9. The number of nitrogens with zero attached hydrogens (tertiary/aromatic N) is 3. The van der Waals surface area contributed by atoms with Crippen molar-refractivity contribution in [3.05, 3.63) is 60.4 Å². The van der Waals surface area contributed by atoms with E-state index < -0.39 is 0 Å². The summed E-state index contributed by atoms with van der Waals surface area (Å²) in [4.78, 5) is 12.9. The van der Waals surface area contributed by atoms with Crippen molar-refractivity contribution in [1.29, 1.82) is 0 Å². The Labute approximate surface area is 199 Å². The Kier molecular flexibility index (Phi) is 8.77. The maximum absolute atomic E-state index is 12.9. The molecule has 33 heavy (non-hydrogen) atoms. The second-order valence-electron chi connectivity index (χ2n) is 8.13. The number of carbonyl (C=O) groups excluding carboxylic acids is 1. The van der Waals surface area contributed by atoms with Crippen LogP contribution in [0.25, 0.3) is 0 Å². The highest BCUT2D eigenvalue weighted by Crippen LogP contribution is 2.32. The summed E-state index contributed by atoms with van der Waals surface area (Å²) in [6.07, 6.45) is 0.320. The minimum Gasteiger partial charge on any atom is -0.493 e. The predicted molar refractivity (Wildman–Crippen MR) is 132 cm³/mol. The van der Waals surface area contributed by atoms with Crippen LogP contribution in [0.2, 0.25) is 0 Å². The number of hydrogen-bond donors (Lipinski definition) is 1. The zero-order chi connectivity index (χ0) is 23.8. The molecule has 3 aromatic rings. The minimum absolute atomic E-state index is 0.0485. The number of benzene rings is 2. The molecule has 0 spiro atoms. The first-order valence-corrected chi connectivity index (χ1v) is 12.1. The summed E-state index contributed by atoms with van der Waals surface area (Å²) in [6, 6.07) is 17.0. The fourth-order valence-corrected chi connectivity index (χ4v) is 4.35. The van der Waals surface area contributed by atoms with Gasteiger partial charge in [0.1, 0.15) is 0 Å². The second-order valence-corrected chi connectivity index (χ2v) is 9.30. The van der Waals surface area contributed by atoms with Crippen LogP contribution in [0, 0.1) is 5.92 Å². The molecular formula is C25H32N4O3S. The third-order valence-electron chi connectivity index (χ3n) is 4.98. The Bertz CT molecular complexity index is 1040. The third kappa shape index (κ3) is 6.51. The molecule has 7 nitrogen and oxygen atoms in total. The summed E-state index contributed by atoms with van der Waals surface area (Å²) < 4.78 is 13.7. The maximum Gasteiger partial charge on any atom is 0.237 e.